The van der Waals surface area contributed by atoms with Gasteiger partial charge in [0.2, 0.25) is 0 Å². The maximum atomic E-state index is 14.1. The van der Waals surface area contributed by atoms with E-state index in [0.29, 0.717) is 37.9 Å². The van der Waals surface area contributed by atoms with Crippen molar-refractivity contribution in [3.8, 4) is 5.75 Å². The zero-order chi connectivity index (χ0) is 25.3. The van der Waals surface area contributed by atoms with Crippen molar-refractivity contribution >= 4 is 15.8 Å². The highest BCUT2D eigenvalue weighted by molar-refractivity contribution is 7.93. The van der Waals surface area contributed by atoms with Crippen LogP contribution in [0.25, 0.3) is 0 Å². The molecule has 0 heterocycles. The first-order chi connectivity index (χ1) is 16.8. The number of aryl methyl sites for hydroxylation is 2. The molecule has 0 spiro atoms. The van der Waals surface area contributed by atoms with Crippen LogP contribution in [-0.4, -0.2) is 31.4 Å². The van der Waals surface area contributed by atoms with Crippen molar-refractivity contribution in [1.82, 2.24) is 0 Å². The van der Waals surface area contributed by atoms with Gasteiger partial charge in [0.15, 0.2) is 14.6 Å². The molecular weight excluding hydrogens is 460 g/mol. The Bertz CT molecular complexity index is 1170. The van der Waals surface area contributed by atoms with Gasteiger partial charge in [-0.1, -0.05) is 74.0 Å². The molecule has 0 saturated heterocycles. The summed E-state index contributed by atoms with van der Waals surface area (Å²) in [6, 6.07) is 25.6. The molecule has 2 atom stereocenters. The van der Waals surface area contributed by atoms with Gasteiger partial charge in [0, 0.05) is 0 Å². The molecule has 0 radical (unpaired) electrons. The van der Waals surface area contributed by atoms with E-state index in [4.69, 9.17) is 4.74 Å². The Labute approximate surface area is 208 Å². The second kappa shape index (κ2) is 12.0. The Balaban J connectivity index is 2.01. The van der Waals surface area contributed by atoms with Crippen LogP contribution in [0.2, 0.25) is 0 Å². The third kappa shape index (κ3) is 5.93. The van der Waals surface area contributed by atoms with Gasteiger partial charge >= 0.3 is 5.97 Å². The summed E-state index contributed by atoms with van der Waals surface area (Å²) in [6.45, 7) is 1.88. The smallest absolute Gasteiger partial charge is 0.325 e. The molecule has 3 rings (SSSR count). The van der Waals surface area contributed by atoms with Crippen LogP contribution in [0.1, 0.15) is 43.7 Å². The van der Waals surface area contributed by atoms with Crippen LogP contribution in [0.15, 0.2) is 89.8 Å². The van der Waals surface area contributed by atoms with E-state index in [1.54, 1.807) is 12.1 Å². The summed E-state index contributed by atoms with van der Waals surface area (Å²) in [6.07, 6.45) is 2.63. The molecule has 3 aromatic carbocycles. The molecule has 0 aromatic heterocycles. The number of carboxylic acid groups (broad SMARTS) is 1. The van der Waals surface area contributed by atoms with E-state index in [1.807, 2.05) is 67.6 Å². The summed E-state index contributed by atoms with van der Waals surface area (Å²) < 4.78 is 31.5. The highest BCUT2D eigenvalue weighted by Gasteiger charge is 2.55. The molecule has 186 valence electrons. The lowest BCUT2D eigenvalue weighted by atomic mass is 9.81. The average molecular weight is 495 g/mol. The summed E-state index contributed by atoms with van der Waals surface area (Å²) in [4.78, 5) is 13.0. The van der Waals surface area contributed by atoms with Gasteiger partial charge in [0.05, 0.1) is 12.0 Å². The summed E-state index contributed by atoms with van der Waals surface area (Å²) in [5, 5.41) is 10.6. The van der Waals surface area contributed by atoms with Crippen LogP contribution in [0.4, 0.5) is 0 Å². The number of benzene rings is 3. The Hall–Kier alpha value is -3.12. The summed E-state index contributed by atoms with van der Waals surface area (Å²) in [7, 11) is -2.71. The SMILES string of the molecule is CCC(CCc1ccccc1)C(CCCc1ccccc1)(C(=O)O)S(=O)(=O)c1ccc(OC)cc1. The molecule has 0 aliphatic rings. The van der Waals surface area contributed by atoms with E-state index in [0.717, 1.165) is 11.1 Å². The van der Waals surface area contributed by atoms with Gasteiger partial charge < -0.3 is 9.84 Å². The second-order valence-corrected chi connectivity index (χ2v) is 11.0. The number of carbonyl (C=O) groups is 1. The second-order valence-electron chi connectivity index (χ2n) is 8.84. The monoisotopic (exact) mass is 494 g/mol. The van der Waals surface area contributed by atoms with Crippen LogP contribution in [-0.2, 0) is 27.5 Å². The molecule has 0 aliphatic heterocycles. The fourth-order valence-electron chi connectivity index (χ4n) is 4.87. The summed E-state index contributed by atoms with van der Waals surface area (Å²) >= 11 is 0. The van der Waals surface area contributed by atoms with Gasteiger partial charge in [-0.15, -0.1) is 0 Å². The standard InChI is InChI=1S/C29H34O5S/c1-3-25(17-16-24-13-8-5-9-14-24)29(28(30)31,22-10-15-23-11-6-4-7-12-23)35(32,33)27-20-18-26(34-2)19-21-27/h4-9,11-14,18-21,25H,3,10,15-17,22H2,1-2H3,(H,30,31). The van der Waals surface area contributed by atoms with Crippen molar-refractivity contribution in [3.63, 3.8) is 0 Å². The number of hydrogen-bond acceptors (Lipinski definition) is 4. The van der Waals surface area contributed by atoms with E-state index in [2.05, 4.69) is 0 Å². The largest absolute Gasteiger partial charge is 0.497 e. The van der Waals surface area contributed by atoms with Crippen LogP contribution < -0.4 is 4.74 Å². The summed E-state index contributed by atoms with van der Waals surface area (Å²) in [5.74, 6) is -1.31. The van der Waals surface area contributed by atoms with Gasteiger partial charge in [0.25, 0.3) is 0 Å². The molecule has 0 amide bonds. The van der Waals surface area contributed by atoms with Gasteiger partial charge in [0.1, 0.15) is 5.75 Å². The Morgan fingerprint density at radius 2 is 1.43 bits per heavy atom. The van der Waals surface area contributed by atoms with Gasteiger partial charge in [-0.3, -0.25) is 4.79 Å². The maximum absolute atomic E-state index is 14.1. The molecule has 6 heteroatoms. The number of ether oxygens (including phenoxy) is 1. The first-order valence-electron chi connectivity index (χ1n) is 12.0. The number of sulfone groups is 1. The van der Waals surface area contributed by atoms with Gasteiger partial charge in [-0.25, -0.2) is 8.42 Å². The Morgan fingerprint density at radius 3 is 1.91 bits per heavy atom. The zero-order valence-corrected chi connectivity index (χ0v) is 21.2. The van der Waals surface area contributed by atoms with E-state index >= 15 is 0 Å². The third-order valence-electron chi connectivity index (χ3n) is 6.84. The van der Waals surface area contributed by atoms with Crippen molar-refractivity contribution in [3.05, 3.63) is 96.1 Å². The first-order valence-corrected chi connectivity index (χ1v) is 13.5. The number of carboxylic acids is 1. The Kier molecular flexibility index (Phi) is 9.10. The molecule has 0 bridgehead atoms. The predicted molar refractivity (Wildman–Crippen MR) is 138 cm³/mol. The molecule has 1 N–H and O–H groups in total. The van der Waals surface area contributed by atoms with E-state index in [9.17, 15) is 18.3 Å². The van der Waals surface area contributed by atoms with Crippen molar-refractivity contribution in [2.45, 2.75) is 55.1 Å². The van der Waals surface area contributed by atoms with Crippen molar-refractivity contribution in [2.24, 2.45) is 5.92 Å². The average Bonchev–Trinajstić information content (AvgIpc) is 2.88. The van der Waals surface area contributed by atoms with Crippen LogP contribution in [0.5, 0.6) is 5.75 Å². The minimum atomic E-state index is -4.21. The number of rotatable bonds is 13. The van der Waals surface area contributed by atoms with Crippen molar-refractivity contribution in [1.29, 1.82) is 0 Å². The molecule has 0 aliphatic carbocycles. The van der Waals surface area contributed by atoms with Gasteiger partial charge in [-0.2, -0.15) is 0 Å². The fourth-order valence-corrected chi connectivity index (χ4v) is 7.15. The minimum absolute atomic E-state index is 0.0126. The number of aliphatic carboxylic acids is 1. The lowest BCUT2D eigenvalue weighted by Crippen LogP contribution is -2.52. The van der Waals surface area contributed by atoms with E-state index in [1.165, 1.54) is 19.2 Å². The molecular formula is C29H34O5S. The topological polar surface area (TPSA) is 80.7 Å². The maximum Gasteiger partial charge on any atom is 0.325 e. The number of hydrogen-bond donors (Lipinski definition) is 1. The highest BCUT2D eigenvalue weighted by Crippen LogP contribution is 2.42. The first kappa shape index (κ1) is 26.5. The molecule has 3 aromatic rings. The van der Waals surface area contributed by atoms with E-state index in [-0.39, 0.29) is 11.3 Å². The molecule has 0 saturated carbocycles. The Morgan fingerprint density at radius 1 is 0.886 bits per heavy atom. The molecule has 2 unspecified atom stereocenters. The van der Waals surface area contributed by atoms with Crippen molar-refractivity contribution in [2.75, 3.05) is 7.11 Å². The lowest BCUT2D eigenvalue weighted by Gasteiger charge is -2.36. The van der Waals surface area contributed by atoms with Crippen molar-refractivity contribution < 1.29 is 23.1 Å². The zero-order valence-electron chi connectivity index (χ0n) is 20.4. The minimum Gasteiger partial charge on any atom is -0.497 e. The lowest BCUT2D eigenvalue weighted by molar-refractivity contribution is -0.142. The quantitative estimate of drug-likeness (QED) is 0.316. The third-order valence-corrected chi connectivity index (χ3v) is 9.41. The molecule has 35 heavy (non-hydrogen) atoms. The predicted octanol–water partition coefficient (Wildman–Crippen LogP) is 5.97. The van der Waals surface area contributed by atoms with Crippen LogP contribution >= 0.6 is 0 Å². The van der Waals surface area contributed by atoms with Gasteiger partial charge in [-0.05, 0) is 73.4 Å². The molecule has 0 fully saturated rings. The van der Waals surface area contributed by atoms with Crippen LogP contribution in [0.3, 0.4) is 0 Å². The summed E-state index contributed by atoms with van der Waals surface area (Å²) in [5.41, 5.74) is 2.13. The normalized spacial score (nSPS) is 14.1. The number of methoxy groups -OCH3 is 1. The highest BCUT2D eigenvalue weighted by atomic mass is 32.2. The van der Waals surface area contributed by atoms with Crippen LogP contribution in [0, 0.1) is 5.92 Å². The fraction of sp³-hybridized carbons (Fsp3) is 0.345. The molecule has 5 nitrogen and oxygen atoms in total. The van der Waals surface area contributed by atoms with E-state index < -0.39 is 26.5 Å².